The van der Waals surface area contributed by atoms with Crippen molar-refractivity contribution < 1.29 is 31.1 Å². The van der Waals surface area contributed by atoms with Gasteiger partial charge >= 0.3 is 12.3 Å². The van der Waals surface area contributed by atoms with E-state index in [0.29, 0.717) is 12.5 Å². The van der Waals surface area contributed by atoms with Gasteiger partial charge in [-0.1, -0.05) is 20.3 Å². The van der Waals surface area contributed by atoms with Crippen molar-refractivity contribution in [2.45, 2.75) is 37.9 Å². The fraction of sp³-hybridized carbons (Fsp3) is 0.467. The summed E-state index contributed by atoms with van der Waals surface area (Å²) in [5.41, 5.74) is -1.23. The van der Waals surface area contributed by atoms with Gasteiger partial charge in [0.1, 0.15) is 5.65 Å². The largest absolute Gasteiger partial charge is 0.449 e. The van der Waals surface area contributed by atoms with E-state index in [0.717, 1.165) is 23.1 Å². The topological polar surface area (TPSA) is 89.8 Å². The van der Waals surface area contributed by atoms with Crippen molar-refractivity contribution in [1.82, 2.24) is 9.38 Å². The van der Waals surface area contributed by atoms with Gasteiger partial charge in [-0.15, -0.1) is 0 Å². The molecule has 0 aliphatic carbocycles. The van der Waals surface area contributed by atoms with Crippen molar-refractivity contribution >= 4 is 27.4 Å². The summed E-state index contributed by atoms with van der Waals surface area (Å²) in [5.74, 6) is -0.686. The predicted molar refractivity (Wildman–Crippen MR) is 87.8 cm³/mol. The number of carbonyl (C=O) groups is 1. The minimum Gasteiger partial charge on any atom is -0.449 e. The van der Waals surface area contributed by atoms with Crippen LogP contribution in [0.4, 0.5) is 23.8 Å². The highest BCUT2D eigenvalue weighted by Crippen LogP contribution is 2.32. The second-order valence-corrected chi connectivity index (χ2v) is 7.62. The van der Waals surface area contributed by atoms with Gasteiger partial charge < -0.3 is 4.74 Å². The van der Waals surface area contributed by atoms with Gasteiger partial charge in [0.2, 0.25) is 0 Å². The van der Waals surface area contributed by atoms with E-state index < -0.39 is 32.7 Å². The second kappa shape index (κ2) is 7.52. The van der Waals surface area contributed by atoms with E-state index in [4.69, 9.17) is 4.74 Å². The molecule has 0 fully saturated rings. The Morgan fingerprint density at radius 2 is 2.04 bits per heavy atom. The third-order valence-electron chi connectivity index (χ3n) is 3.54. The zero-order chi connectivity index (χ0) is 19.5. The van der Waals surface area contributed by atoms with Crippen molar-refractivity contribution in [2.24, 2.45) is 0 Å². The number of hydrogen-bond donors (Lipinski definition) is 1. The number of ether oxygens (including phenoxy) is 1. The summed E-state index contributed by atoms with van der Waals surface area (Å²) in [7, 11) is -3.88. The lowest BCUT2D eigenvalue weighted by molar-refractivity contribution is -0.137. The number of alkyl halides is 3. The molecule has 0 bridgehead atoms. The molecule has 2 rings (SSSR count). The van der Waals surface area contributed by atoms with Crippen LogP contribution in [-0.4, -0.2) is 36.3 Å². The molecular weight excluding hydrogens is 375 g/mol. The average Bonchev–Trinajstić information content (AvgIpc) is 2.91. The standard InChI is InChI=1S/C15H18F3N3O4S/c1-3-5-8-25-14(22)20-12-13(26(23,24)4-2)21-7-6-10(15(16,17)18)9-11(21)19-12/h6-7,9H,3-5,8H2,1-2H3,(H,20,22). The Morgan fingerprint density at radius 1 is 1.35 bits per heavy atom. The van der Waals surface area contributed by atoms with E-state index in [-0.39, 0.29) is 23.8 Å². The number of imidazole rings is 1. The molecular formula is C15H18F3N3O4S. The van der Waals surface area contributed by atoms with Crippen LogP contribution in [0.15, 0.2) is 23.4 Å². The Labute approximate surface area is 148 Å². The summed E-state index contributed by atoms with van der Waals surface area (Å²) in [6, 6.07) is 1.45. The van der Waals surface area contributed by atoms with Crippen molar-refractivity contribution in [3.63, 3.8) is 0 Å². The lowest BCUT2D eigenvalue weighted by Crippen LogP contribution is -2.17. The lowest BCUT2D eigenvalue weighted by Gasteiger charge is -2.08. The molecule has 7 nitrogen and oxygen atoms in total. The van der Waals surface area contributed by atoms with Crippen molar-refractivity contribution in [1.29, 1.82) is 0 Å². The van der Waals surface area contributed by atoms with E-state index >= 15 is 0 Å². The van der Waals surface area contributed by atoms with E-state index in [1.165, 1.54) is 6.92 Å². The Balaban J connectivity index is 2.50. The molecule has 0 saturated carbocycles. The minimum absolute atomic E-state index is 0.129. The number of sulfone groups is 1. The van der Waals surface area contributed by atoms with Crippen LogP contribution in [0.1, 0.15) is 32.3 Å². The second-order valence-electron chi connectivity index (χ2n) is 5.42. The first-order valence-electron chi connectivity index (χ1n) is 7.86. The predicted octanol–water partition coefficient (Wildman–Crippen LogP) is 3.50. The number of halogens is 3. The molecule has 26 heavy (non-hydrogen) atoms. The zero-order valence-electron chi connectivity index (χ0n) is 14.1. The number of rotatable bonds is 6. The molecule has 0 radical (unpaired) electrons. The van der Waals surface area contributed by atoms with Crippen LogP contribution in [0.5, 0.6) is 0 Å². The number of anilines is 1. The number of fused-ring (bicyclic) bond motifs is 1. The van der Waals surface area contributed by atoms with Crippen LogP contribution >= 0.6 is 0 Å². The minimum atomic E-state index is -4.61. The van der Waals surface area contributed by atoms with Gasteiger partial charge in [-0.25, -0.2) is 18.2 Å². The first-order valence-corrected chi connectivity index (χ1v) is 9.51. The highest BCUT2D eigenvalue weighted by atomic mass is 32.2. The summed E-state index contributed by atoms with van der Waals surface area (Å²) in [4.78, 5) is 15.6. The Kier molecular flexibility index (Phi) is 5.79. The fourth-order valence-electron chi connectivity index (χ4n) is 2.16. The number of carbonyl (C=O) groups excluding carboxylic acids is 1. The van der Waals surface area contributed by atoms with E-state index in [1.807, 2.05) is 6.92 Å². The van der Waals surface area contributed by atoms with Crippen molar-refractivity contribution in [3.8, 4) is 0 Å². The Bertz CT molecular complexity index is 907. The quantitative estimate of drug-likeness (QED) is 0.759. The SMILES string of the molecule is CCCCOC(=O)Nc1nc2cc(C(F)(F)F)ccn2c1S(=O)(=O)CC. The van der Waals surface area contributed by atoms with Crippen molar-refractivity contribution in [2.75, 3.05) is 17.7 Å². The van der Waals surface area contributed by atoms with Gasteiger partial charge in [-0.3, -0.25) is 9.72 Å². The van der Waals surface area contributed by atoms with Crippen LogP contribution in [0, 0.1) is 0 Å². The van der Waals surface area contributed by atoms with Gasteiger partial charge in [0.15, 0.2) is 20.7 Å². The maximum Gasteiger partial charge on any atom is 0.416 e. The van der Waals surface area contributed by atoms with Crippen LogP contribution in [0.25, 0.3) is 5.65 Å². The van der Waals surface area contributed by atoms with Crippen LogP contribution in [-0.2, 0) is 20.8 Å². The highest BCUT2D eigenvalue weighted by Gasteiger charge is 2.32. The fourth-order valence-corrected chi connectivity index (χ4v) is 3.27. The molecule has 144 valence electrons. The normalized spacial score (nSPS) is 12.3. The number of nitrogens with zero attached hydrogens (tertiary/aromatic N) is 2. The molecule has 0 aliphatic rings. The lowest BCUT2D eigenvalue weighted by atomic mass is 10.2. The first-order chi connectivity index (χ1) is 12.1. The van der Waals surface area contributed by atoms with Gasteiger partial charge in [0, 0.05) is 6.20 Å². The average molecular weight is 393 g/mol. The molecule has 2 aromatic heterocycles. The van der Waals surface area contributed by atoms with Gasteiger partial charge in [-0.05, 0) is 18.6 Å². The maximum atomic E-state index is 12.9. The Hall–Kier alpha value is -2.30. The number of aromatic nitrogens is 2. The molecule has 0 atom stereocenters. The molecule has 1 N–H and O–H groups in total. The number of nitrogens with one attached hydrogen (secondary N) is 1. The van der Waals surface area contributed by atoms with Crippen LogP contribution < -0.4 is 5.32 Å². The molecule has 2 aromatic rings. The summed E-state index contributed by atoms with van der Waals surface area (Å²) in [6.07, 6.45) is -3.17. The molecule has 2 heterocycles. The highest BCUT2D eigenvalue weighted by molar-refractivity contribution is 7.91. The maximum absolute atomic E-state index is 12.9. The monoisotopic (exact) mass is 393 g/mol. The number of amides is 1. The van der Waals surface area contributed by atoms with E-state index in [2.05, 4.69) is 10.3 Å². The molecule has 1 amide bonds. The summed E-state index contributed by atoms with van der Waals surface area (Å²) in [6.45, 7) is 3.40. The molecule has 0 aliphatic heterocycles. The van der Waals surface area contributed by atoms with E-state index in [1.54, 1.807) is 0 Å². The number of hydrogen-bond acceptors (Lipinski definition) is 5. The number of unbranched alkanes of at least 4 members (excludes halogenated alkanes) is 1. The molecule has 0 unspecified atom stereocenters. The Morgan fingerprint density at radius 3 is 2.62 bits per heavy atom. The van der Waals surface area contributed by atoms with Crippen LogP contribution in [0.2, 0.25) is 0 Å². The summed E-state index contributed by atoms with van der Waals surface area (Å²) in [5, 5.41) is 1.81. The van der Waals surface area contributed by atoms with Crippen LogP contribution in [0.3, 0.4) is 0 Å². The van der Waals surface area contributed by atoms with Gasteiger partial charge in [0.05, 0.1) is 17.9 Å². The van der Waals surface area contributed by atoms with Crippen molar-refractivity contribution in [3.05, 3.63) is 23.9 Å². The smallest absolute Gasteiger partial charge is 0.416 e. The first kappa shape index (κ1) is 20.0. The molecule has 0 aromatic carbocycles. The number of pyridine rings is 1. The molecule has 0 spiro atoms. The molecule has 0 saturated heterocycles. The van der Waals surface area contributed by atoms with Gasteiger partial charge in [-0.2, -0.15) is 13.2 Å². The summed E-state index contributed by atoms with van der Waals surface area (Å²) < 4.78 is 69.2. The summed E-state index contributed by atoms with van der Waals surface area (Å²) >= 11 is 0. The third kappa shape index (κ3) is 4.26. The zero-order valence-corrected chi connectivity index (χ0v) is 14.9. The van der Waals surface area contributed by atoms with E-state index in [9.17, 15) is 26.4 Å². The third-order valence-corrected chi connectivity index (χ3v) is 5.28. The molecule has 11 heteroatoms. The van der Waals surface area contributed by atoms with Gasteiger partial charge in [0.25, 0.3) is 0 Å².